The number of aromatic nitrogens is 4. The second kappa shape index (κ2) is 19.9. The fourth-order valence-electron chi connectivity index (χ4n) is 7.96. The number of benzene rings is 2. The molecule has 60 heavy (non-hydrogen) atoms. The number of H-pyrrole nitrogens is 2. The number of carbonyl (C=O) groups excluding carboxylic acids is 4. The lowest BCUT2D eigenvalue weighted by Gasteiger charge is -2.31. The van der Waals surface area contributed by atoms with E-state index in [0.717, 1.165) is 40.8 Å². The molecular weight excluding hydrogens is 792 g/mol. The lowest BCUT2D eigenvalue weighted by Crippen LogP contribution is -2.51. The largest absolute Gasteiger partial charge is 0.453 e. The summed E-state index contributed by atoms with van der Waals surface area (Å²) >= 11 is 6.73. The van der Waals surface area contributed by atoms with Crippen molar-refractivity contribution in [3.8, 4) is 46.0 Å². The zero-order valence-electron chi connectivity index (χ0n) is 34.3. The standard InChI is InChI=1S/C43H51ClN8O8/c1-7-30-17-19-35(52(30)41(54)32(21-23-58-4)48-43(56)60-6)39-49-36(37(44)50-39)29-15-11-27(12-16-29)26-9-13-28(14-10-26)33-24-45-38(46-33)34-18-8-25(2)51(34)40(53)31(20-22-57-3)47-42(55)59-5/h1,9-16,24-25,30-32,34-35H,8,17-23H2,2-6H3,(H,45,46)(H,47,55)(H,48,56)(H,49,50)/t25-,30-,31+,32+,34+,35+/m1/s1. The third kappa shape index (κ3) is 9.59. The first kappa shape index (κ1) is 43.7. The number of likely N-dealkylation sites (tertiary alicyclic amines) is 2. The molecule has 2 aromatic heterocycles. The number of ether oxygens (including phenoxy) is 4. The second-order valence-electron chi connectivity index (χ2n) is 14.8. The summed E-state index contributed by atoms with van der Waals surface area (Å²) in [6.45, 7) is 2.54. The lowest BCUT2D eigenvalue weighted by molar-refractivity contribution is -0.137. The van der Waals surface area contributed by atoms with Gasteiger partial charge in [0.25, 0.3) is 0 Å². The van der Waals surface area contributed by atoms with E-state index in [9.17, 15) is 19.2 Å². The molecule has 318 valence electrons. The molecule has 4 heterocycles. The van der Waals surface area contributed by atoms with Gasteiger partial charge in [0, 0.05) is 51.9 Å². The number of nitrogens with zero attached hydrogens (tertiary/aromatic N) is 4. The summed E-state index contributed by atoms with van der Waals surface area (Å²) in [5, 5.41) is 5.59. The molecule has 2 aromatic carbocycles. The van der Waals surface area contributed by atoms with E-state index in [-0.39, 0.29) is 36.9 Å². The van der Waals surface area contributed by atoms with Gasteiger partial charge in [0.15, 0.2) is 0 Å². The number of carbonyl (C=O) groups is 4. The minimum atomic E-state index is -0.912. The molecule has 17 heteroatoms. The topological polar surface area (TPSA) is 193 Å². The minimum absolute atomic E-state index is 0.0464. The number of amides is 4. The average Bonchev–Trinajstić information content (AvgIpc) is 4.09. The van der Waals surface area contributed by atoms with Crippen LogP contribution in [0.25, 0.3) is 33.6 Å². The highest BCUT2D eigenvalue weighted by molar-refractivity contribution is 6.31. The van der Waals surface area contributed by atoms with E-state index >= 15 is 0 Å². The Labute approximate surface area is 354 Å². The van der Waals surface area contributed by atoms with Crippen molar-refractivity contribution in [1.82, 2.24) is 40.4 Å². The maximum Gasteiger partial charge on any atom is 0.407 e. The number of terminal acetylenes is 1. The second-order valence-corrected chi connectivity index (χ2v) is 15.1. The summed E-state index contributed by atoms with van der Waals surface area (Å²) in [6.07, 6.45) is 9.40. The molecule has 0 spiro atoms. The number of aromatic amines is 2. The highest BCUT2D eigenvalue weighted by Gasteiger charge is 2.42. The predicted molar refractivity (Wildman–Crippen MR) is 223 cm³/mol. The van der Waals surface area contributed by atoms with Crippen molar-refractivity contribution in [2.45, 2.75) is 81.7 Å². The summed E-state index contributed by atoms with van der Waals surface area (Å²) in [6, 6.07) is 12.9. The molecule has 2 aliphatic rings. The number of hydrogen-bond donors (Lipinski definition) is 4. The van der Waals surface area contributed by atoms with E-state index in [0.29, 0.717) is 48.4 Å². The molecule has 4 aromatic rings. The van der Waals surface area contributed by atoms with Crippen molar-refractivity contribution < 1.29 is 38.1 Å². The molecule has 0 saturated carbocycles. The van der Waals surface area contributed by atoms with Crippen LogP contribution in [-0.2, 0) is 28.5 Å². The normalized spacial score (nSPS) is 19.7. The van der Waals surface area contributed by atoms with Crippen LogP contribution in [0, 0.1) is 12.3 Å². The predicted octanol–water partition coefficient (Wildman–Crippen LogP) is 6.03. The Morgan fingerprint density at radius 1 is 0.767 bits per heavy atom. The molecule has 6 rings (SSSR count). The van der Waals surface area contributed by atoms with Crippen molar-refractivity contribution in [2.24, 2.45) is 0 Å². The Balaban J connectivity index is 1.15. The number of nitrogens with one attached hydrogen (secondary N) is 4. The van der Waals surface area contributed by atoms with Crippen molar-refractivity contribution >= 4 is 35.6 Å². The summed E-state index contributed by atoms with van der Waals surface area (Å²) in [7, 11) is 5.57. The van der Waals surface area contributed by atoms with Crippen molar-refractivity contribution in [1.29, 1.82) is 0 Å². The number of alkyl carbamates (subject to hydrolysis) is 2. The maximum atomic E-state index is 13.9. The number of methoxy groups -OCH3 is 4. The monoisotopic (exact) mass is 842 g/mol. The van der Waals surface area contributed by atoms with Crippen LogP contribution in [0.5, 0.6) is 0 Å². The zero-order valence-corrected chi connectivity index (χ0v) is 35.1. The van der Waals surface area contributed by atoms with E-state index in [4.69, 9.17) is 42.0 Å². The summed E-state index contributed by atoms with van der Waals surface area (Å²) < 4.78 is 19.9. The molecule has 0 aliphatic carbocycles. The van der Waals surface area contributed by atoms with Crippen molar-refractivity contribution in [3.05, 3.63) is 71.5 Å². The molecule has 6 atom stereocenters. The molecule has 0 bridgehead atoms. The first-order chi connectivity index (χ1) is 29.0. The van der Waals surface area contributed by atoms with E-state index in [1.165, 1.54) is 21.3 Å². The summed E-state index contributed by atoms with van der Waals surface area (Å²) in [5.41, 5.74) is 5.02. The third-order valence-corrected chi connectivity index (χ3v) is 11.4. The third-order valence-electron chi connectivity index (χ3n) is 11.1. The molecule has 2 aliphatic heterocycles. The van der Waals surface area contributed by atoms with Crippen LogP contribution < -0.4 is 10.6 Å². The number of halogens is 1. The molecule has 4 amide bonds. The number of rotatable bonds is 15. The Bertz CT molecular complexity index is 2170. The van der Waals surface area contributed by atoms with E-state index in [2.05, 4.69) is 31.5 Å². The van der Waals surface area contributed by atoms with Gasteiger partial charge < -0.3 is 49.3 Å². The SMILES string of the molecule is C#C[C@@H]1CC[C@@H](c2nc(-c3ccc(-c4ccc(-c5cnc([C@@H]6CC[C@@H](C)N6C(=O)[C@H](CCOC)NC(=O)OC)[nH]5)cc4)cc3)c(Cl)[nH]2)N1C(=O)[C@H](CCOC)NC(=O)OC. The molecular formula is C43H51ClN8O8. The zero-order chi connectivity index (χ0) is 42.9. The van der Waals surface area contributed by atoms with Gasteiger partial charge >= 0.3 is 12.2 Å². The number of hydrogen-bond acceptors (Lipinski definition) is 10. The highest BCUT2D eigenvalue weighted by atomic mass is 35.5. The van der Waals surface area contributed by atoms with Gasteiger partial charge in [-0.25, -0.2) is 19.6 Å². The van der Waals surface area contributed by atoms with E-state index in [1.807, 2.05) is 55.5 Å². The van der Waals surface area contributed by atoms with Crippen LogP contribution in [0.4, 0.5) is 9.59 Å². The Morgan fingerprint density at radius 2 is 1.28 bits per heavy atom. The fraction of sp³-hybridized carbons (Fsp3) is 0.442. The maximum absolute atomic E-state index is 13.9. The van der Waals surface area contributed by atoms with Gasteiger partial charge in [-0.3, -0.25) is 9.59 Å². The van der Waals surface area contributed by atoms with Gasteiger partial charge in [-0.05, 0) is 49.3 Å². The lowest BCUT2D eigenvalue weighted by atomic mass is 10.0. The van der Waals surface area contributed by atoms with E-state index in [1.54, 1.807) is 23.1 Å². The van der Waals surface area contributed by atoms with Crippen LogP contribution in [0.15, 0.2) is 54.7 Å². The Kier molecular flexibility index (Phi) is 14.5. The van der Waals surface area contributed by atoms with E-state index < -0.39 is 36.4 Å². The molecule has 2 fully saturated rings. The molecule has 0 radical (unpaired) electrons. The fourth-order valence-corrected chi connectivity index (χ4v) is 8.20. The van der Waals surface area contributed by atoms with Gasteiger partial charge in [0.1, 0.15) is 34.6 Å². The Hall–Kier alpha value is -5.89. The van der Waals surface area contributed by atoms with Crippen LogP contribution in [0.2, 0.25) is 5.15 Å². The van der Waals surface area contributed by atoms with Crippen molar-refractivity contribution in [3.63, 3.8) is 0 Å². The van der Waals surface area contributed by atoms with Crippen LogP contribution in [0.3, 0.4) is 0 Å². The first-order valence-corrected chi connectivity index (χ1v) is 20.2. The van der Waals surface area contributed by atoms with Gasteiger partial charge in [0.2, 0.25) is 11.8 Å². The van der Waals surface area contributed by atoms with Gasteiger partial charge in [-0.15, -0.1) is 6.42 Å². The van der Waals surface area contributed by atoms with Crippen molar-refractivity contribution in [2.75, 3.05) is 41.7 Å². The highest BCUT2D eigenvalue weighted by Crippen LogP contribution is 2.39. The Morgan fingerprint density at radius 3 is 1.83 bits per heavy atom. The quantitative estimate of drug-likeness (QED) is 0.103. The van der Waals surface area contributed by atoms with Crippen LogP contribution in [-0.4, -0.2) is 120 Å². The molecule has 16 nitrogen and oxygen atoms in total. The van der Waals surface area contributed by atoms with Crippen LogP contribution >= 0.6 is 11.6 Å². The van der Waals surface area contributed by atoms with Gasteiger partial charge in [0.05, 0.1) is 44.2 Å². The average molecular weight is 843 g/mol. The summed E-state index contributed by atoms with van der Waals surface area (Å²) in [5.74, 6) is 3.32. The van der Waals surface area contributed by atoms with Gasteiger partial charge in [-0.2, -0.15) is 0 Å². The van der Waals surface area contributed by atoms with Gasteiger partial charge in [-0.1, -0.05) is 66.1 Å². The summed E-state index contributed by atoms with van der Waals surface area (Å²) in [4.78, 5) is 71.3. The molecule has 2 saturated heterocycles. The smallest absolute Gasteiger partial charge is 0.407 e. The molecule has 0 unspecified atom stereocenters. The molecule has 4 N–H and O–H groups in total. The number of imidazole rings is 2. The first-order valence-electron chi connectivity index (χ1n) is 19.8. The van der Waals surface area contributed by atoms with Crippen LogP contribution in [0.1, 0.15) is 69.2 Å². The minimum Gasteiger partial charge on any atom is -0.453 e.